The number of carbonyl (C=O) groups excluding carboxylic acids is 4. The van der Waals surface area contributed by atoms with E-state index >= 15 is 0 Å². The Kier molecular flexibility index (Phi) is 8.96. The van der Waals surface area contributed by atoms with Crippen molar-refractivity contribution in [2.24, 2.45) is 0 Å². The largest absolute Gasteiger partial charge is 0.507 e. The highest BCUT2D eigenvalue weighted by molar-refractivity contribution is 6.23. The van der Waals surface area contributed by atoms with Gasteiger partial charge in [0, 0.05) is 35.7 Å². The molecule has 0 aliphatic heterocycles. The maximum Gasteiger partial charge on any atom is 0.342 e. The van der Waals surface area contributed by atoms with E-state index in [1.54, 1.807) is 27.7 Å². The summed E-state index contributed by atoms with van der Waals surface area (Å²) in [5.41, 5.74) is 2.09. The van der Waals surface area contributed by atoms with Crippen LogP contribution >= 0.6 is 0 Å². The molecule has 0 fully saturated rings. The zero-order valence-electron chi connectivity index (χ0n) is 23.0. The maximum absolute atomic E-state index is 12.9. The number of Topliss-reactive ketones (excluding diaryl/α,β-unsaturated/α-hetero) is 2. The topological polar surface area (TPSA) is 128 Å². The van der Waals surface area contributed by atoms with Crippen LogP contribution in [0.5, 0.6) is 5.75 Å². The van der Waals surface area contributed by atoms with Crippen LogP contribution in [-0.2, 0) is 41.4 Å². The Hall–Kier alpha value is -4.40. The monoisotopic (exact) mass is 535 g/mol. The number of ketones is 2. The number of benzene rings is 2. The third kappa shape index (κ3) is 7.13. The van der Waals surface area contributed by atoms with Gasteiger partial charge in [0.25, 0.3) is 0 Å². The molecule has 0 heterocycles. The minimum atomic E-state index is -0.698. The van der Waals surface area contributed by atoms with Crippen LogP contribution in [0.4, 0.5) is 5.69 Å². The van der Waals surface area contributed by atoms with Gasteiger partial charge in [-0.05, 0) is 57.4 Å². The number of nitrogens with one attached hydrogen (secondary N) is 1. The van der Waals surface area contributed by atoms with Crippen LogP contribution in [0.2, 0.25) is 0 Å². The Morgan fingerprint density at radius 3 is 2.05 bits per heavy atom. The fourth-order valence-corrected chi connectivity index (χ4v) is 4.03. The van der Waals surface area contributed by atoms with Crippen molar-refractivity contribution in [2.75, 3.05) is 19.5 Å². The van der Waals surface area contributed by atoms with Gasteiger partial charge in [-0.1, -0.05) is 24.3 Å². The third-order valence-corrected chi connectivity index (χ3v) is 6.04. The van der Waals surface area contributed by atoms with Gasteiger partial charge in [0.2, 0.25) is 29.0 Å². The summed E-state index contributed by atoms with van der Waals surface area (Å²) in [4.78, 5) is 50.1. The zero-order chi connectivity index (χ0) is 28.9. The number of allylic oxidation sites excluding steroid dienone is 2. The number of amides is 1. The van der Waals surface area contributed by atoms with E-state index in [0.717, 1.165) is 11.1 Å². The van der Waals surface area contributed by atoms with Gasteiger partial charge in [-0.15, -0.1) is 0 Å². The van der Waals surface area contributed by atoms with E-state index in [-0.39, 0.29) is 53.1 Å². The summed E-state index contributed by atoms with van der Waals surface area (Å²) in [5.74, 6) is -2.14. The molecule has 2 N–H and O–H groups in total. The lowest BCUT2D eigenvalue weighted by Gasteiger charge is -2.20. The SMILES string of the molecule is COC1=C(OC)C(=O)C(Cc2ccc(CCC(=O)Nc3ccc(C(=O)OC(C)(C)C)c(O)c3)cc2)=C(C)C1=O. The number of hydrogen-bond donors (Lipinski definition) is 2. The average Bonchev–Trinajstić information content (AvgIpc) is 2.87. The van der Waals surface area contributed by atoms with E-state index in [9.17, 15) is 24.3 Å². The van der Waals surface area contributed by atoms with Crippen molar-refractivity contribution < 1.29 is 38.5 Å². The molecule has 39 heavy (non-hydrogen) atoms. The third-order valence-electron chi connectivity index (χ3n) is 6.04. The van der Waals surface area contributed by atoms with Gasteiger partial charge < -0.3 is 24.6 Å². The fourth-order valence-electron chi connectivity index (χ4n) is 4.03. The molecular formula is C30H33NO8. The van der Waals surface area contributed by atoms with E-state index in [0.29, 0.717) is 23.3 Å². The van der Waals surface area contributed by atoms with E-state index in [1.165, 1.54) is 32.4 Å². The number of anilines is 1. The molecule has 0 atom stereocenters. The molecule has 0 radical (unpaired) electrons. The number of aryl methyl sites for hydroxylation is 1. The van der Waals surface area contributed by atoms with Gasteiger partial charge in [0.05, 0.1) is 14.2 Å². The van der Waals surface area contributed by atoms with Gasteiger partial charge in [0.1, 0.15) is 16.9 Å². The second-order valence-electron chi connectivity index (χ2n) is 10.1. The standard InChI is InChI=1S/C30H33NO8/c1-17-22(26(35)28(38-6)27(37-5)25(17)34)15-19-9-7-18(8-10-19)11-14-24(33)31-20-12-13-21(23(32)16-20)29(36)39-30(2,3)4/h7-10,12-13,16,32H,11,14-15H2,1-6H3,(H,31,33). The molecule has 0 unspecified atom stereocenters. The molecule has 1 amide bonds. The van der Waals surface area contributed by atoms with Gasteiger partial charge in [0.15, 0.2) is 0 Å². The summed E-state index contributed by atoms with van der Waals surface area (Å²) in [7, 11) is 2.65. The van der Waals surface area contributed by atoms with Crippen molar-refractivity contribution in [3.63, 3.8) is 0 Å². The molecule has 0 aromatic heterocycles. The van der Waals surface area contributed by atoms with Crippen molar-refractivity contribution >= 4 is 29.1 Å². The van der Waals surface area contributed by atoms with Crippen LogP contribution in [0, 0.1) is 0 Å². The number of carbonyl (C=O) groups is 4. The number of esters is 1. The number of aromatic hydroxyl groups is 1. The van der Waals surface area contributed by atoms with Gasteiger partial charge in [-0.3, -0.25) is 14.4 Å². The fraction of sp³-hybridized carbons (Fsp3) is 0.333. The first-order valence-electron chi connectivity index (χ1n) is 12.4. The number of hydrogen-bond acceptors (Lipinski definition) is 8. The molecule has 0 saturated heterocycles. The number of phenols is 1. The quantitative estimate of drug-likeness (QED) is 0.356. The smallest absolute Gasteiger partial charge is 0.342 e. The lowest BCUT2D eigenvalue weighted by Crippen LogP contribution is -2.26. The molecule has 3 rings (SSSR count). The summed E-state index contributed by atoms with van der Waals surface area (Å²) in [6, 6.07) is 11.7. The van der Waals surface area contributed by atoms with E-state index < -0.39 is 11.6 Å². The summed E-state index contributed by atoms with van der Waals surface area (Å²) < 4.78 is 15.5. The zero-order valence-corrected chi connectivity index (χ0v) is 23.0. The van der Waals surface area contributed by atoms with Crippen LogP contribution in [0.1, 0.15) is 55.6 Å². The van der Waals surface area contributed by atoms with Crippen molar-refractivity contribution in [1.29, 1.82) is 0 Å². The summed E-state index contributed by atoms with van der Waals surface area (Å²) in [6.07, 6.45) is 0.901. The normalized spacial score (nSPS) is 13.9. The Balaban J connectivity index is 1.58. The summed E-state index contributed by atoms with van der Waals surface area (Å²) >= 11 is 0. The molecule has 0 bridgehead atoms. The Morgan fingerprint density at radius 2 is 1.49 bits per heavy atom. The number of rotatable bonds is 9. The van der Waals surface area contributed by atoms with Crippen LogP contribution in [0.3, 0.4) is 0 Å². The summed E-state index contributed by atoms with van der Waals surface area (Å²) in [6.45, 7) is 6.79. The van der Waals surface area contributed by atoms with Gasteiger partial charge >= 0.3 is 5.97 Å². The van der Waals surface area contributed by atoms with Crippen LogP contribution in [-0.4, -0.2) is 48.4 Å². The first-order valence-corrected chi connectivity index (χ1v) is 12.4. The first-order chi connectivity index (χ1) is 18.3. The highest BCUT2D eigenvalue weighted by atomic mass is 16.6. The molecule has 0 spiro atoms. The van der Waals surface area contributed by atoms with Crippen molar-refractivity contribution in [3.05, 3.63) is 81.8 Å². The lowest BCUT2D eigenvalue weighted by molar-refractivity contribution is -0.121. The molecule has 1 aliphatic carbocycles. The highest BCUT2D eigenvalue weighted by Gasteiger charge is 2.34. The minimum absolute atomic E-state index is 0.0156. The van der Waals surface area contributed by atoms with E-state index in [2.05, 4.69) is 5.32 Å². The van der Waals surface area contributed by atoms with Gasteiger partial charge in [-0.25, -0.2) is 4.79 Å². The van der Waals surface area contributed by atoms with Gasteiger partial charge in [-0.2, -0.15) is 0 Å². The Morgan fingerprint density at radius 1 is 0.897 bits per heavy atom. The molecule has 0 saturated carbocycles. The first kappa shape index (κ1) is 29.2. The molecule has 2 aromatic rings. The van der Waals surface area contributed by atoms with Crippen LogP contribution in [0.25, 0.3) is 0 Å². The lowest BCUT2D eigenvalue weighted by atomic mass is 9.88. The minimum Gasteiger partial charge on any atom is -0.507 e. The average molecular weight is 536 g/mol. The molecular weight excluding hydrogens is 502 g/mol. The summed E-state index contributed by atoms with van der Waals surface area (Å²) in [5, 5.41) is 12.9. The van der Waals surface area contributed by atoms with Crippen LogP contribution in [0.15, 0.2) is 65.1 Å². The molecule has 2 aromatic carbocycles. The molecule has 9 heteroatoms. The second kappa shape index (κ2) is 12.0. The van der Waals surface area contributed by atoms with E-state index in [4.69, 9.17) is 14.2 Å². The van der Waals surface area contributed by atoms with E-state index in [1.807, 2.05) is 24.3 Å². The number of phenolic OH excluding ortho intramolecular Hbond substituents is 1. The van der Waals surface area contributed by atoms with Crippen molar-refractivity contribution in [2.45, 2.75) is 52.6 Å². The predicted octanol–water partition coefficient (Wildman–Crippen LogP) is 4.43. The predicted molar refractivity (Wildman–Crippen MR) is 144 cm³/mol. The number of ether oxygens (including phenoxy) is 3. The molecule has 206 valence electrons. The molecule has 1 aliphatic rings. The van der Waals surface area contributed by atoms with Crippen molar-refractivity contribution in [3.8, 4) is 5.75 Å². The van der Waals surface area contributed by atoms with Crippen molar-refractivity contribution in [1.82, 2.24) is 0 Å². The highest BCUT2D eigenvalue weighted by Crippen LogP contribution is 2.28. The Labute approximate surface area is 227 Å². The molecule has 9 nitrogen and oxygen atoms in total. The Bertz CT molecular complexity index is 1360. The number of methoxy groups -OCH3 is 2. The maximum atomic E-state index is 12.9. The van der Waals surface area contributed by atoms with Crippen LogP contribution < -0.4 is 5.32 Å². The second-order valence-corrected chi connectivity index (χ2v) is 10.1.